The molecular formula is C15H27N3O2. The van der Waals surface area contributed by atoms with Crippen molar-refractivity contribution in [3.05, 3.63) is 0 Å². The second kappa shape index (κ2) is 7.62. The summed E-state index contributed by atoms with van der Waals surface area (Å²) in [6.07, 6.45) is 6.93. The molecule has 0 aromatic rings. The lowest BCUT2D eigenvalue weighted by atomic mass is 9.79. The van der Waals surface area contributed by atoms with Gasteiger partial charge in [-0.25, -0.2) is 0 Å². The first-order chi connectivity index (χ1) is 9.72. The van der Waals surface area contributed by atoms with Crippen LogP contribution in [-0.2, 0) is 9.59 Å². The molecule has 2 aliphatic rings. The molecule has 2 fully saturated rings. The molecule has 0 aromatic carbocycles. The topological polar surface area (TPSA) is 75.4 Å². The van der Waals surface area contributed by atoms with Gasteiger partial charge in [0, 0.05) is 32.0 Å². The number of carbonyl (C=O) groups excluding carboxylic acids is 2. The van der Waals surface area contributed by atoms with Crippen LogP contribution in [0.5, 0.6) is 0 Å². The Labute approximate surface area is 121 Å². The molecule has 0 spiro atoms. The highest BCUT2D eigenvalue weighted by atomic mass is 16.2. The lowest BCUT2D eigenvalue weighted by molar-refractivity contribution is -0.130. The minimum atomic E-state index is 0.0515. The summed E-state index contributed by atoms with van der Waals surface area (Å²) in [7, 11) is 0. The first kappa shape index (κ1) is 15.3. The minimum Gasteiger partial charge on any atom is -0.355 e. The number of amides is 2. The predicted molar refractivity (Wildman–Crippen MR) is 77.9 cm³/mol. The van der Waals surface area contributed by atoms with Crippen molar-refractivity contribution in [3.8, 4) is 0 Å². The zero-order chi connectivity index (χ0) is 14.4. The number of rotatable bonds is 5. The number of nitrogens with zero attached hydrogens (tertiary/aromatic N) is 1. The fourth-order valence-electron chi connectivity index (χ4n) is 3.38. The predicted octanol–water partition coefficient (Wildman–Crippen LogP) is 0.880. The molecule has 1 heterocycles. The smallest absolute Gasteiger partial charge is 0.224 e. The summed E-state index contributed by atoms with van der Waals surface area (Å²) < 4.78 is 0. The van der Waals surface area contributed by atoms with Crippen molar-refractivity contribution >= 4 is 11.8 Å². The quantitative estimate of drug-likeness (QED) is 0.785. The van der Waals surface area contributed by atoms with Crippen LogP contribution in [0.1, 0.15) is 44.9 Å². The lowest BCUT2D eigenvalue weighted by Gasteiger charge is -2.29. The Morgan fingerprint density at radius 1 is 1.10 bits per heavy atom. The van der Waals surface area contributed by atoms with Crippen LogP contribution in [0, 0.1) is 11.8 Å². The first-order valence-electron chi connectivity index (χ1n) is 7.98. The van der Waals surface area contributed by atoms with E-state index in [1.807, 2.05) is 4.90 Å². The zero-order valence-electron chi connectivity index (χ0n) is 12.3. The number of hydrogen-bond donors (Lipinski definition) is 2. The molecule has 114 valence electrons. The monoisotopic (exact) mass is 281 g/mol. The maximum atomic E-state index is 12.2. The van der Waals surface area contributed by atoms with Crippen molar-refractivity contribution in [2.75, 3.05) is 26.2 Å². The third-order valence-corrected chi connectivity index (χ3v) is 4.65. The molecule has 2 amide bonds. The fraction of sp³-hybridized carbons (Fsp3) is 0.867. The van der Waals surface area contributed by atoms with Gasteiger partial charge in [0.15, 0.2) is 0 Å². The van der Waals surface area contributed by atoms with Gasteiger partial charge < -0.3 is 16.0 Å². The van der Waals surface area contributed by atoms with Crippen molar-refractivity contribution in [3.63, 3.8) is 0 Å². The summed E-state index contributed by atoms with van der Waals surface area (Å²) in [5.41, 5.74) is 5.75. The van der Waals surface area contributed by atoms with E-state index in [4.69, 9.17) is 5.73 Å². The Bertz CT molecular complexity index is 340. The summed E-state index contributed by atoms with van der Waals surface area (Å²) in [4.78, 5) is 26.0. The summed E-state index contributed by atoms with van der Waals surface area (Å²) in [5.74, 6) is 0.630. The standard InChI is InChI=1S/C15H27N3O2/c16-11-12-5-1-2-6-13(12)15(20)17-8-7-14(19)18-9-3-4-10-18/h12-13H,1-11,16H2,(H,17,20). The molecule has 3 N–H and O–H groups in total. The molecule has 0 aromatic heterocycles. The van der Waals surface area contributed by atoms with Gasteiger partial charge in [-0.1, -0.05) is 12.8 Å². The van der Waals surface area contributed by atoms with Crippen molar-refractivity contribution in [2.45, 2.75) is 44.9 Å². The van der Waals surface area contributed by atoms with Crippen LogP contribution in [0.15, 0.2) is 0 Å². The van der Waals surface area contributed by atoms with Gasteiger partial charge in [0.2, 0.25) is 11.8 Å². The van der Waals surface area contributed by atoms with Crippen LogP contribution in [0.25, 0.3) is 0 Å². The average molecular weight is 281 g/mol. The number of nitrogens with one attached hydrogen (secondary N) is 1. The number of likely N-dealkylation sites (tertiary alicyclic amines) is 1. The summed E-state index contributed by atoms with van der Waals surface area (Å²) in [6.45, 7) is 2.81. The van der Waals surface area contributed by atoms with E-state index in [-0.39, 0.29) is 17.7 Å². The van der Waals surface area contributed by atoms with Crippen molar-refractivity contribution in [1.82, 2.24) is 10.2 Å². The maximum absolute atomic E-state index is 12.2. The normalized spacial score (nSPS) is 26.6. The highest BCUT2D eigenvalue weighted by Crippen LogP contribution is 2.29. The van der Waals surface area contributed by atoms with Crippen molar-refractivity contribution < 1.29 is 9.59 Å². The van der Waals surface area contributed by atoms with Gasteiger partial charge >= 0.3 is 0 Å². The van der Waals surface area contributed by atoms with Crippen molar-refractivity contribution in [2.24, 2.45) is 17.6 Å². The first-order valence-corrected chi connectivity index (χ1v) is 7.98. The second-order valence-corrected chi connectivity index (χ2v) is 6.02. The van der Waals surface area contributed by atoms with Gasteiger partial charge in [-0.2, -0.15) is 0 Å². The molecule has 1 aliphatic carbocycles. The molecule has 0 bridgehead atoms. The van der Waals surface area contributed by atoms with Crippen LogP contribution in [-0.4, -0.2) is 42.9 Å². The van der Waals surface area contributed by atoms with Gasteiger partial charge in [-0.05, 0) is 38.1 Å². The Balaban J connectivity index is 1.69. The van der Waals surface area contributed by atoms with E-state index in [1.165, 1.54) is 6.42 Å². The van der Waals surface area contributed by atoms with Crippen LogP contribution in [0.3, 0.4) is 0 Å². The van der Waals surface area contributed by atoms with E-state index in [1.54, 1.807) is 0 Å². The van der Waals surface area contributed by atoms with Gasteiger partial charge in [0.05, 0.1) is 0 Å². The molecule has 1 aliphatic heterocycles. The Hall–Kier alpha value is -1.10. The molecule has 1 saturated carbocycles. The van der Waals surface area contributed by atoms with Gasteiger partial charge in [0.25, 0.3) is 0 Å². The SMILES string of the molecule is NCC1CCCCC1C(=O)NCCC(=O)N1CCCC1. The number of carbonyl (C=O) groups is 2. The molecule has 0 radical (unpaired) electrons. The van der Waals surface area contributed by atoms with Gasteiger partial charge in [-0.15, -0.1) is 0 Å². The average Bonchev–Trinajstić information content (AvgIpc) is 3.01. The third kappa shape index (κ3) is 3.95. The van der Waals surface area contributed by atoms with Gasteiger partial charge in [0.1, 0.15) is 0 Å². The van der Waals surface area contributed by atoms with Crippen LogP contribution in [0.2, 0.25) is 0 Å². The second-order valence-electron chi connectivity index (χ2n) is 6.02. The zero-order valence-corrected chi connectivity index (χ0v) is 12.3. The summed E-state index contributed by atoms with van der Waals surface area (Å²) in [6, 6.07) is 0. The molecule has 1 saturated heterocycles. The molecule has 2 unspecified atom stereocenters. The Kier molecular flexibility index (Phi) is 5.83. The highest BCUT2D eigenvalue weighted by Gasteiger charge is 2.29. The molecule has 2 atom stereocenters. The van der Waals surface area contributed by atoms with E-state index in [9.17, 15) is 9.59 Å². The lowest BCUT2D eigenvalue weighted by Crippen LogP contribution is -2.40. The Morgan fingerprint density at radius 3 is 2.50 bits per heavy atom. The largest absolute Gasteiger partial charge is 0.355 e. The molecular weight excluding hydrogens is 254 g/mol. The number of nitrogens with two attached hydrogens (primary N) is 1. The maximum Gasteiger partial charge on any atom is 0.224 e. The van der Waals surface area contributed by atoms with Crippen LogP contribution < -0.4 is 11.1 Å². The van der Waals surface area contributed by atoms with E-state index in [0.29, 0.717) is 25.4 Å². The third-order valence-electron chi connectivity index (χ3n) is 4.65. The summed E-state index contributed by atoms with van der Waals surface area (Å²) >= 11 is 0. The molecule has 5 heteroatoms. The Morgan fingerprint density at radius 2 is 1.80 bits per heavy atom. The minimum absolute atomic E-state index is 0.0515. The van der Waals surface area contributed by atoms with Crippen LogP contribution >= 0.6 is 0 Å². The molecule has 20 heavy (non-hydrogen) atoms. The fourth-order valence-corrected chi connectivity index (χ4v) is 3.38. The van der Waals surface area contributed by atoms with E-state index < -0.39 is 0 Å². The number of hydrogen-bond acceptors (Lipinski definition) is 3. The van der Waals surface area contributed by atoms with E-state index in [2.05, 4.69) is 5.32 Å². The van der Waals surface area contributed by atoms with E-state index >= 15 is 0 Å². The van der Waals surface area contributed by atoms with Crippen LogP contribution in [0.4, 0.5) is 0 Å². The van der Waals surface area contributed by atoms with E-state index in [0.717, 1.165) is 45.2 Å². The molecule has 2 rings (SSSR count). The summed E-state index contributed by atoms with van der Waals surface area (Å²) in [5, 5.41) is 2.93. The highest BCUT2D eigenvalue weighted by molar-refractivity contribution is 5.81. The van der Waals surface area contributed by atoms with Gasteiger partial charge in [-0.3, -0.25) is 9.59 Å². The van der Waals surface area contributed by atoms with Crippen molar-refractivity contribution in [1.29, 1.82) is 0 Å². The molecule has 5 nitrogen and oxygen atoms in total.